The fourth-order valence-corrected chi connectivity index (χ4v) is 2.53. The molecule has 1 amide bonds. The molecule has 0 aliphatic heterocycles. The predicted molar refractivity (Wildman–Crippen MR) is 89.3 cm³/mol. The highest BCUT2D eigenvalue weighted by Gasteiger charge is 2.11. The Morgan fingerprint density at radius 3 is 2.64 bits per heavy atom. The molecule has 0 radical (unpaired) electrons. The standard InChI is InChI=1S/C18H19N3O/c1-11-5-6-12(2)15(9-11)20-18(22)14-7-8-17-16(10-14)19-13(3)21(17)4/h5-10H,1-4H3,(H,20,22). The van der Waals surface area contributed by atoms with Crippen LogP contribution in [0, 0.1) is 20.8 Å². The number of nitrogens with zero attached hydrogens (tertiary/aromatic N) is 2. The van der Waals surface area contributed by atoms with Crippen LogP contribution in [0.25, 0.3) is 11.0 Å². The number of fused-ring (bicyclic) bond motifs is 1. The molecule has 0 aliphatic rings. The molecule has 0 spiro atoms. The van der Waals surface area contributed by atoms with Crippen LogP contribution in [0.3, 0.4) is 0 Å². The molecule has 0 unspecified atom stereocenters. The fourth-order valence-electron chi connectivity index (χ4n) is 2.53. The Kier molecular flexibility index (Phi) is 3.45. The van der Waals surface area contributed by atoms with E-state index in [2.05, 4.69) is 10.3 Å². The average molecular weight is 293 g/mol. The third kappa shape index (κ3) is 2.48. The summed E-state index contributed by atoms with van der Waals surface area (Å²) in [5, 5.41) is 2.98. The monoisotopic (exact) mass is 293 g/mol. The summed E-state index contributed by atoms with van der Waals surface area (Å²) in [6.07, 6.45) is 0. The summed E-state index contributed by atoms with van der Waals surface area (Å²) in [7, 11) is 1.97. The summed E-state index contributed by atoms with van der Waals surface area (Å²) >= 11 is 0. The first-order valence-electron chi connectivity index (χ1n) is 7.27. The minimum absolute atomic E-state index is 0.112. The van der Waals surface area contributed by atoms with E-state index in [9.17, 15) is 4.79 Å². The summed E-state index contributed by atoms with van der Waals surface area (Å²) in [5.41, 5.74) is 5.51. The smallest absolute Gasteiger partial charge is 0.255 e. The zero-order valence-electron chi connectivity index (χ0n) is 13.3. The van der Waals surface area contributed by atoms with Crippen LogP contribution in [0.15, 0.2) is 36.4 Å². The van der Waals surface area contributed by atoms with Gasteiger partial charge in [-0.1, -0.05) is 12.1 Å². The van der Waals surface area contributed by atoms with Gasteiger partial charge in [-0.25, -0.2) is 4.98 Å². The van der Waals surface area contributed by atoms with Crippen LogP contribution in [-0.4, -0.2) is 15.5 Å². The van der Waals surface area contributed by atoms with E-state index in [4.69, 9.17) is 0 Å². The summed E-state index contributed by atoms with van der Waals surface area (Å²) in [6.45, 7) is 5.95. The van der Waals surface area contributed by atoms with Crippen LogP contribution in [0.1, 0.15) is 27.3 Å². The number of imidazole rings is 1. The second kappa shape index (κ2) is 5.30. The summed E-state index contributed by atoms with van der Waals surface area (Å²) in [4.78, 5) is 16.9. The second-order valence-electron chi connectivity index (χ2n) is 5.69. The molecule has 4 heteroatoms. The van der Waals surface area contributed by atoms with Crippen molar-refractivity contribution >= 4 is 22.6 Å². The van der Waals surface area contributed by atoms with Crippen molar-refractivity contribution in [1.82, 2.24) is 9.55 Å². The van der Waals surface area contributed by atoms with E-state index in [1.807, 2.05) is 68.8 Å². The van der Waals surface area contributed by atoms with E-state index < -0.39 is 0 Å². The Labute approximate surface area is 129 Å². The second-order valence-corrected chi connectivity index (χ2v) is 5.69. The Hall–Kier alpha value is -2.62. The minimum atomic E-state index is -0.112. The van der Waals surface area contributed by atoms with Crippen molar-refractivity contribution in [2.24, 2.45) is 7.05 Å². The zero-order chi connectivity index (χ0) is 15.9. The van der Waals surface area contributed by atoms with Crippen molar-refractivity contribution in [2.75, 3.05) is 5.32 Å². The molecule has 0 fully saturated rings. The van der Waals surface area contributed by atoms with E-state index in [0.717, 1.165) is 33.7 Å². The van der Waals surface area contributed by atoms with Gasteiger partial charge in [-0.05, 0) is 56.2 Å². The van der Waals surface area contributed by atoms with Gasteiger partial charge in [-0.3, -0.25) is 4.79 Å². The number of benzene rings is 2. The molecule has 0 aliphatic carbocycles. The van der Waals surface area contributed by atoms with Crippen molar-refractivity contribution in [3.63, 3.8) is 0 Å². The summed E-state index contributed by atoms with van der Waals surface area (Å²) in [6, 6.07) is 11.6. The Bertz CT molecular complexity index is 877. The van der Waals surface area contributed by atoms with Gasteiger partial charge in [-0.15, -0.1) is 0 Å². The van der Waals surface area contributed by atoms with E-state index >= 15 is 0 Å². The van der Waals surface area contributed by atoms with Crippen LogP contribution in [0.2, 0.25) is 0 Å². The average Bonchev–Trinajstić information content (AvgIpc) is 2.77. The van der Waals surface area contributed by atoms with Gasteiger partial charge < -0.3 is 9.88 Å². The van der Waals surface area contributed by atoms with Gasteiger partial charge >= 0.3 is 0 Å². The quantitative estimate of drug-likeness (QED) is 0.782. The molecule has 1 heterocycles. The fraction of sp³-hybridized carbons (Fsp3) is 0.222. The Morgan fingerprint density at radius 1 is 1.09 bits per heavy atom. The topological polar surface area (TPSA) is 46.9 Å². The zero-order valence-corrected chi connectivity index (χ0v) is 13.3. The number of anilines is 1. The van der Waals surface area contributed by atoms with Gasteiger partial charge in [-0.2, -0.15) is 0 Å². The first-order valence-corrected chi connectivity index (χ1v) is 7.27. The van der Waals surface area contributed by atoms with Crippen LogP contribution >= 0.6 is 0 Å². The normalized spacial score (nSPS) is 10.9. The largest absolute Gasteiger partial charge is 0.331 e. The number of hydrogen-bond donors (Lipinski definition) is 1. The van der Waals surface area contributed by atoms with Gasteiger partial charge in [0, 0.05) is 18.3 Å². The molecule has 3 rings (SSSR count). The lowest BCUT2D eigenvalue weighted by Gasteiger charge is -2.09. The third-order valence-corrected chi connectivity index (χ3v) is 4.01. The molecule has 4 nitrogen and oxygen atoms in total. The molecule has 22 heavy (non-hydrogen) atoms. The van der Waals surface area contributed by atoms with E-state index in [1.54, 1.807) is 0 Å². The molecule has 1 N–H and O–H groups in total. The van der Waals surface area contributed by atoms with Crippen LogP contribution in [-0.2, 0) is 7.05 Å². The minimum Gasteiger partial charge on any atom is -0.331 e. The van der Waals surface area contributed by atoms with E-state index in [0.29, 0.717) is 5.56 Å². The lowest BCUT2D eigenvalue weighted by Crippen LogP contribution is -2.12. The van der Waals surface area contributed by atoms with Crippen molar-refractivity contribution in [2.45, 2.75) is 20.8 Å². The number of carbonyl (C=O) groups excluding carboxylic acids is 1. The molecular weight excluding hydrogens is 274 g/mol. The van der Waals surface area contributed by atoms with E-state index in [-0.39, 0.29) is 5.91 Å². The highest BCUT2D eigenvalue weighted by molar-refractivity contribution is 6.06. The van der Waals surface area contributed by atoms with Crippen LogP contribution in [0.5, 0.6) is 0 Å². The number of rotatable bonds is 2. The van der Waals surface area contributed by atoms with Gasteiger partial charge in [0.25, 0.3) is 5.91 Å². The first-order chi connectivity index (χ1) is 10.5. The molecule has 1 aromatic heterocycles. The maximum Gasteiger partial charge on any atom is 0.255 e. The van der Waals surface area contributed by atoms with Gasteiger partial charge in [0.2, 0.25) is 0 Å². The Morgan fingerprint density at radius 2 is 1.86 bits per heavy atom. The van der Waals surface area contributed by atoms with Gasteiger partial charge in [0.15, 0.2) is 0 Å². The molecule has 0 saturated carbocycles. The number of aryl methyl sites for hydroxylation is 4. The van der Waals surface area contributed by atoms with Crippen LogP contribution < -0.4 is 5.32 Å². The maximum atomic E-state index is 12.5. The molecule has 2 aromatic carbocycles. The number of carbonyl (C=O) groups is 1. The van der Waals surface area contributed by atoms with Crippen molar-refractivity contribution in [1.29, 1.82) is 0 Å². The molecule has 0 atom stereocenters. The SMILES string of the molecule is Cc1ccc(C)c(NC(=O)c2ccc3c(c2)nc(C)n3C)c1. The van der Waals surface area contributed by atoms with Gasteiger partial charge in [0.05, 0.1) is 11.0 Å². The lowest BCUT2D eigenvalue weighted by molar-refractivity contribution is 0.102. The van der Waals surface area contributed by atoms with Gasteiger partial charge in [0.1, 0.15) is 5.82 Å². The number of nitrogens with one attached hydrogen (secondary N) is 1. The summed E-state index contributed by atoms with van der Waals surface area (Å²) < 4.78 is 2.02. The lowest BCUT2D eigenvalue weighted by atomic mass is 10.1. The highest BCUT2D eigenvalue weighted by atomic mass is 16.1. The molecule has 0 bridgehead atoms. The number of amides is 1. The molecular formula is C18H19N3O. The first kappa shape index (κ1) is 14.3. The molecule has 3 aromatic rings. The van der Waals surface area contributed by atoms with E-state index in [1.165, 1.54) is 0 Å². The molecule has 0 saturated heterocycles. The highest BCUT2D eigenvalue weighted by Crippen LogP contribution is 2.20. The summed E-state index contributed by atoms with van der Waals surface area (Å²) in [5.74, 6) is 0.820. The van der Waals surface area contributed by atoms with Crippen molar-refractivity contribution < 1.29 is 4.79 Å². The predicted octanol–water partition coefficient (Wildman–Crippen LogP) is 3.75. The molecule has 112 valence electrons. The van der Waals surface area contributed by atoms with Crippen LogP contribution in [0.4, 0.5) is 5.69 Å². The van der Waals surface area contributed by atoms with Crippen molar-refractivity contribution in [3.05, 3.63) is 58.9 Å². The number of aromatic nitrogens is 2. The van der Waals surface area contributed by atoms with Crippen molar-refractivity contribution in [3.8, 4) is 0 Å². The Balaban J connectivity index is 1.93. The number of hydrogen-bond acceptors (Lipinski definition) is 2. The maximum absolute atomic E-state index is 12.5. The third-order valence-electron chi connectivity index (χ3n) is 4.01.